The van der Waals surface area contributed by atoms with E-state index in [2.05, 4.69) is 70.8 Å². The first-order valence-corrected chi connectivity index (χ1v) is 8.46. The van der Waals surface area contributed by atoms with E-state index in [0.717, 1.165) is 17.9 Å². The fraction of sp³-hybridized carbons (Fsp3) is 0.136. The van der Waals surface area contributed by atoms with E-state index in [4.69, 9.17) is 4.74 Å². The standard InChI is InChI=1S/C22H20N2O/c1-25-21-12-10-18(11-13-21)22-14-15-23-24(22)20-9-5-8-19(16-20)17-6-3-2-4-7-17/h2-13,15-16,22H,14H2,1H3. The molecule has 124 valence electrons. The van der Waals surface area contributed by atoms with Crippen LogP contribution in [0.15, 0.2) is 84.0 Å². The molecule has 0 saturated heterocycles. The highest BCUT2D eigenvalue weighted by molar-refractivity contribution is 5.72. The number of hydrogen-bond acceptors (Lipinski definition) is 3. The molecule has 0 fully saturated rings. The molecule has 0 N–H and O–H groups in total. The Labute approximate surface area is 148 Å². The van der Waals surface area contributed by atoms with Crippen molar-refractivity contribution < 1.29 is 4.74 Å². The summed E-state index contributed by atoms with van der Waals surface area (Å²) in [5.41, 5.74) is 4.77. The van der Waals surface area contributed by atoms with Crippen molar-refractivity contribution in [2.24, 2.45) is 5.10 Å². The zero-order valence-electron chi connectivity index (χ0n) is 14.2. The van der Waals surface area contributed by atoms with Gasteiger partial charge in [0.05, 0.1) is 18.8 Å². The Bertz CT molecular complexity index is 872. The molecule has 3 aromatic carbocycles. The quantitative estimate of drug-likeness (QED) is 0.649. The van der Waals surface area contributed by atoms with E-state index in [0.29, 0.717) is 0 Å². The second kappa shape index (κ2) is 6.81. The van der Waals surface area contributed by atoms with Crippen LogP contribution in [-0.2, 0) is 0 Å². The second-order valence-corrected chi connectivity index (χ2v) is 6.08. The molecule has 3 aromatic rings. The summed E-state index contributed by atoms with van der Waals surface area (Å²) in [7, 11) is 1.69. The van der Waals surface area contributed by atoms with Gasteiger partial charge in [-0.2, -0.15) is 5.10 Å². The topological polar surface area (TPSA) is 24.8 Å². The lowest BCUT2D eigenvalue weighted by Crippen LogP contribution is -2.18. The summed E-state index contributed by atoms with van der Waals surface area (Å²) in [6.45, 7) is 0. The third-order valence-electron chi connectivity index (χ3n) is 4.55. The molecule has 0 radical (unpaired) electrons. The highest BCUT2D eigenvalue weighted by Crippen LogP contribution is 2.35. The van der Waals surface area contributed by atoms with Gasteiger partial charge in [0.2, 0.25) is 0 Å². The fourth-order valence-electron chi connectivity index (χ4n) is 3.22. The molecule has 4 rings (SSSR count). The van der Waals surface area contributed by atoms with E-state index in [1.807, 2.05) is 24.4 Å². The first-order chi connectivity index (χ1) is 12.3. The first-order valence-electron chi connectivity index (χ1n) is 8.46. The van der Waals surface area contributed by atoms with Gasteiger partial charge in [-0.15, -0.1) is 0 Å². The predicted octanol–water partition coefficient (Wildman–Crippen LogP) is 5.30. The largest absolute Gasteiger partial charge is 0.497 e. The number of ether oxygens (including phenoxy) is 1. The third-order valence-corrected chi connectivity index (χ3v) is 4.55. The minimum atomic E-state index is 0.219. The van der Waals surface area contributed by atoms with Crippen LogP contribution in [0.1, 0.15) is 18.0 Å². The Balaban J connectivity index is 1.65. The number of nitrogens with zero attached hydrogens (tertiary/aromatic N) is 2. The minimum Gasteiger partial charge on any atom is -0.497 e. The van der Waals surface area contributed by atoms with Gasteiger partial charge in [-0.1, -0.05) is 54.6 Å². The zero-order chi connectivity index (χ0) is 17.1. The summed E-state index contributed by atoms with van der Waals surface area (Å²) in [6, 6.07) is 27.5. The van der Waals surface area contributed by atoms with Gasteiger partial charge in [-0.3, -0.25) is 5.01 Å². The number of anilines is 1. The maximum absolute atomic E-state index is 5.26. The molecule has 0 aliphatic carbocycles. The van der Waals surface area contributed by atoms with Gasteiger partial charge in [0.25, 0.3) is 0 Å². The molecule has 3 nitrogen and oxygen atoms in total. The summed E-state index contributed by atoms with van der Waals surface area (Å²) < 4.78 is 5.26. The highest BCUT2D eigenvalue weighted by Gasteiger charge is 2.24. The Morgan fingerprint density at radius 1 is 0.880 bits per heavy atom. The van der Waals surface area contributed by atoms with Crippen molar-refractivity contribution in [3.8, 4) is 16.9 Å². The number of hydrogen-bond donors (Lipinski definition) is 0. The normalized spacial score (nSPS) is 16.2. The van der Waals surface area contributed by atoms with Crippen LogP contribution in [0.4, 0.5) is 5.69 Å². The van der Waals surface area contributed by atoms with Gasteiger partial charge in [-0.05, 0) is 41.0 Å². The van der Waals surface area contributed by atoms with Crippen LogP contribution >= 0.6 is 0 Å². The van der Waals surface area contributed by atoms with Crippen LogP contribution in [0.25, 0.3) is 11.1 Å². The summed E-state index contributed by atoms with van der Waals surface area (Å²) in [4.78, 5) is 0. The molecule has 0 saturated carbocycles. The molecule has 1 aliphatic heterocycles. The molecule has 0 bridgehead atoms. The van der Waals surface area contributed by atoms with Crippen molar-refractivity contribution in [2.45, 2.75) is 12.5 Å². The van der Waals surface area contributed by atoms with E-state index in [9.17, 15) is 0 Å². The van der Waals surface area contributed by atoms with Gasteiger partial charge >= 0.3 is 0 Å². The monoisotopic (exact) mass is 328 g/mol. The van der Waals surface area contributed by atoms with Crippen molar-refractivity contribution in [1.29, 1.82) is 0 Å². The van der Waals surface area contributed by atoms with Crippen molar-refractivity contribution in [1.82, 2.24) is 0 Å². The zero-order valence-corrected chi connectivity index (χ0v) is 14.2. The lowest BCUT2D eigenvalue weighted by Gasteiger charge is -2.25. The van der Waals surface area contributed by atoms with Crippen molar-refractivity contribution in [3.63, 3.8) is 0 Å². The van der Waals surface area contributed by atoms with Crippen LogP contribution in [-0.4, -0.2) is 13.3 Å². The number of methoxy groups -OCH3 is 1. The fourth-order valence-corrected chi connectivity index (χ4v) is 3.22. The van der Waals surface area contributed by atoms with Gasteiger partial charge in [0.1, 0.15) is 5.75 Å². The molecule has 1 unspecified atom stereocenters. The van der Waals surface area contributed by atoms with Crippen molar-refractivity contribution >= 4 is 11.9 Å². The Morgan fingerprint density at radius 3 is 2.40 bits per heavy atom. The molecule has 0 spiro atoms. The summed E-state index contributed by atoms with van der Waals surface area (Å²) in [5.74, 6) is 0.875. The molecule has 1 aliphatic rings. The minimum absolute atomic E-state index is 0.219. The Morgan fingerprint density at radius 2 is 1.64 bits per heavy atom. The number of hydrazone groups is 1. The summed E-state index contributed by atoms with van der Waals surface area (Å²) in [6.07, 6.45) is 2.89. The molecule has 1 atom stereocenters. The van der Waals surface area contributed by atoms with Crippen molar-refractivity contribution in [2.75, 3.05) is 12.1 Å². The Hall–Kier alpha value is -3.07. The Kier molecular flexibility index (Phi) is 4.21. The summed E-state index contributed by atoms with van der Waals surface area (Å²) in [5, 5.41) is 6.72. The average molecular weight is 328 g/mol. The molecule has 0 amide bonds. The molecule has 3 heteroatoms. The molecule has 25 heavy (non-hydrogen) atoms. The van der Waals surface area contributed by atoms with Crippen LogP contribution in [0.5, 0.6) is 5.75 Å². The van der Waals surface area contributed by atoms with Gasteiger partial charge in [0, 0.05) is 12.6 Å². The van der Waals surface area contributed by atoms with E-state index >= 15 is 0 Å². The highest BCUT2D eigenvalue weighted by atomic mass is 16.5. The number of benzene rings is 3. The third kappa shape index (κ3) is 3.13. The summed E-state index contributed by atoms with van der Waals surface area (Å²) >= 11 is 0. The SMILES string of the molecule is COc1ccc(C2CC=NN2c2cccc(-c3ccccc3)c2)cc1. The average Bonchev–Trinajstić information content (AvgIpc) is 3.19. The first kappa shape index (κ1) is 15.5. The van der Waals surface area contributed by atoms with Crippen LogP contribution in [0.2, 0.25) is 0 Å². The predicted molar refractivity (Wildman–Crippen MR) is 103 cm³/mol. The van der Waals surface area contributed by atoms with Crippen LogP contribution in [0.3, 0.4) is 0 Å². The van der Waals surface area contributed by atoms with Crippen LogP contribution in [0, 0.1) is 0 Å². The molecular formula is C22H20N2O. The molecular weight excluding hydrogens is 308 g/mol. The van der Waals surface area contributed by atoms with Crippen molar-refractivity contribution in [3.05, 3.63) is 84.4 Å². The maximum Gasteiger partial charge on any atom is 0.118 e. The molecule has 0 aromatic heterocycles. The number of rotatable bonds is 4. The van der Waals surface area contributed by atoms with Gasteiger partial charge in [-0.25, -0.2) is 0 Å². The van der Waals surface area contributed by atoms with E-state index in [1.165, 1.54) is 16.7 Å². The maximum atomic E-state index is 5.26. The second-order valence-electron chi connectivity index (χ2n) is 6.08. The van der Waals surface area contributed by atoms with Gasteiger partial charge < -0.3 is 4.74 Å². The lowest BCUT2D eigenvalue weighted by molar-refractivity contribution is 0.414. The van der Waals surface area contributed by atoms with Crippen LogP contribution < -0.4 is 9.75 Å². The molecule has 1 heterocycles. The van der Waals surface area contributed by atoms with Gasteiger partial charge in [0.15, 0.2) is 0 Å². The van der Waals surface area contributed by atoms with E-state index in [1.54, 1.807) is 7.11 Å². The lowest BCUT2D eigenvalue weighted by atomic mass is 10.0. The smallest absolute Gasteiger partial charge is 0.118 e. The van der Waals surface area contributed by atoms with E-state index < -0.39 is 0 Å². The van der Waals surface area contributed by atoms with E-state index in [-0.39, 0.29) is 6.04 Å².